The zero-order valence-corrected chi connectivity index (χ0v) is 11.7. The van der Waals surface area contributed by atoms with Crippen LogP contribution in [0.2, 0.25) is 0 Å². The third kappa shape index (κ3) is 3.29. The Hall–Kier alpha value is -0.610. The van der Waals surface area contributed by atoms with E-state index < -0.39 is 5.60 Å². The van der Waals surface area contributed by atoms with Gasteiger partial charge in [-0.2, -0.15) is 0 Å². The first kappa shape index (κ1) is 13.4. The molecule has 0 radical (unpaired) electrons. The van der Waals surface area contributed by atoms with Crippen LogP contribution in [0.1, 0.15) is 44.9 Å². The Morgan fingerprint density at radius 3 is 2.89 bits per heavy atom. The molecule has 3 fully saturated rings. The van der Waals surface area contributed by atoms with Gasteiger partial charge in [-0.1, -0.05) is 12.8 Å². The van der Waals surface area contributed by atoms with Crippen LogP contribution in [0.3, 0.4) is 0 Å². The van der Waals surface area contributed by atoms with Crippen molar-refractivity contribution in [3.8, 4) is 0 Å². The topological polar surface area (TPSA) is 52.6 Å². The molecule has 0 aromatic heterocycles. The number of carbonyl (C=O) groups excluding carboxylic acids is 1. The van der Waals surface area contributed by atoms with Crippen LogP contribution in [0.4, 0.5) is 0 Å². The van der Waals surface area contributed by atoms with Gasteiger partial charge in [-0.15, -0.1) is 0 Å². The molecular formula is C15H26N2O2. The van der Waals surface area contributed by atoms with E-state index in [1.165, 1.54) is 19.3 Å². The first-order valence-corrected chi connectivity index (χ1v) is 7.87. The van der Waals surface area contributed by atoms with Gasteiger partial charge in [-0.3, -0.25) is 9.69 Å². The smallest absolute Gasteiger partial charge is 0.234 e. The Labute approximate surface area is 115 Å². The zero-order chi connectivity index (χ0) is 13.3. The van der Waals surface area contributed by atoms with Gasteiger partial charge in [-0.25, -0.2) is 0 Å². The van der Waals surface area contributed by atoms with Gasteiger partial charge < -0.3 is 10.4 Å². The number of piperidine rings is 1. The van der Waals surface area contributed by atoms with Crippen LogP contribution >= 0.6 is 0 Å². The highest BCUT2D eigenvalue weighted by molar-refractivity contribution is 5.78. The second-order valence-corrected chi connectivity index (χ2v) is 6.78. The Morgan fingerprint density at radius 1 is 1.26 bits per heavy atom. The Morgan fingerprint density at radius 2 is 2.11 bits per heavy atom. The summed E-state index contributed by atoms with van der Waals surface area (Å²) in [6.07, 6.45) is 7.87. The fourth-order valence-corrected chi connectivity index (χ4v) is 3.62. The Balaban J connectivity index is 1.45. The van der Waals surface area contributed by atoms with E-state index in [1.807, 2.05) is 0 Å². The van der Waals surface area contributed by atoms with E-state index in [0.717, 1.165) is 51.2 Å². The number of carbonyl (C=O) groups is 1. The third-order valence-corrected chi connectivity index (χ3v) is 5.16. The van der Waals surface area contributed by atoms with Crippen molar-refractivity contribution in [1.82, 2.24) is 10.2 Å². The van der Waals surface area contributed by atoms with Gasteiger partial charge in [0.05, 0.1) is 12.1 Å². The van der Waals surface area contributed by atoms with E-state index in [1.54, 1.807) is 0 Å². The van der Waals surface area contributed by atoms with Crippen LogP contribution in [-0.2, 0) is 4.79 Å². The summed E-state index contributed by atoms with van der Waals surface area (Å²) in [4.78, 5) is 14.1. The van der Waals surface area contributed by atoms with E-state index in [-0.39, 0.29) is 5.91 Å². The normalized spacial score (nSPS) is 35.7. The SMILES string of the molecule is O=C(CN1CCC2(O)CCCCC2C1)NCC1CC1. The lowest BCUT2D eigenvalue weighted by Crippen LogP contribution is -2.54. The summed E-state index contributed by atoms with van der Waals surface area (Å²) in [6.45, 7) is 3.14. The molecule has 19 heavy (non-hydrogen) atoms. The van der Waals surface area contributed by atoms with Crippen molar-refractivity contribution >= 4 is 5.91 Å². The number of amides is 1. The molecule has 3 aliphatic rings. The average Bonchev–Trinajstić information content (AvgIpc) is 3.21. The number of nitrogens with one attached hydrogen (secondary N) is 1. The quantitative estimate of drug-likeness (QED) is 0.802. The molecule has 1 amide bonds. The van der Waals surface area contributed by atoms with Crippen molar-refractivity contribution < 1.29 is 9.90 Å². The fourth-order valence-electron chi connectivity index (χ4n) is 3.62. The number of rotatable bonds is 4. The molecule has 0 bridgehead atoms. The van der Waals surface area contributed by atoms with Crippen molar-refractivity contribution in [1.29, 1.82) is 0 Å². The predicted octanol–water partition coefficient (Wildman–Crippen LogP) is 1.14. The van der Waals surface area contributed by atoms with Crippen LogP contribution in [-0.4, -0.2) is 47.7 Å². The molecule has 4 nitrogen and oxygen atoms in total. The van der Waals surface area contributed by atoms with Crippen molar-refractivity contribution in [2.45, 2.75) is 50.5 Å². The van der Waals surface area contributed by atoms with Crippen LogP contribution < -0.4 is 5.32 Å². The Kier molecular flexibility index (Phi) is 3.81. The maximum absolute atomic E-state index is 11.9. The molecule has 4 heteroatoms. The number of likely N-dealkylation sites (tertiary alicyclic amines) is 1. The molecule has 1 saturated heterocycles. The number of aliphatic hydroxyl groups is 1. The summed E-state index contributed by atoms with van der Waals surface area (Å²) in [7, 11) is 0. The van der Waals surface area contributed by atoms with Gasteiger partial charge >= 0.3 is 0 Å². The molecule has 3 rings (SSSR count). The van der Waals surface area contributed by atoms with Gasteiger partial charge in [0, 0.05) is 25.6 Å². The van der Waals surface area contributed by atoms with Gasteiger partial charge in [0.15, 0.2) is 0 Å². The molecule has 2 atom stereocenters. The molecule has 1 heterocycles. The van der Waals surface area contributed by atoms with Gasteiger partial charge in [0.2, 0.25) is 5.91 Å². The summed E-state index contributed by atoms with van der Waals surface area (Å²) in [5, 5.41) is 13.6. The molecule has 108 valence electrons. The number of hydrogen-bond acceptors (Lipinski definition) is 3. The van der Waals surface area contributed by atoms with E-state index in [2.05, 4.69) is 10.2 Å². The average molecular weight is 266 g/mol. The monoisotopic (exact) mass is 266 g/mol. The lowest BCUT2D eigenvalue weighted by Gasteiger charge is -2.47. The van der Waals surface area contributed by atoms with E-state index in [0.29, 0.717) is 12.5 Å². The highest BCUT2D eigenvalue weighted by Gasteiger charge is 2.42. The van der Waals surface area contributed by atoms with Crippen molar-refractivity contribution in [2.24, 2.45) is 11.8 Å². The van der Waals surface area contributed by atoms with Crippen LogP contribution in [0.25, 0.3) is 0 Å². The summed E-state index contributed by atoms with van der Waals surface area (Å²) in [6, 6.07) is 0. The van der Waals surface area contributed by atoms with Crippen LogP contribution in [0.15, 0.2) is 0 Å². The maximum atomic E-state index is 11.9. The van der Waals surface area contributed by atoms with Crippen molar-refractivity contribution in [2.75, 3.05) is 26.2 Å². The Bertz CT molecular complexity index is 343. The maximum Gasteiger partial charge on any atom is 0.234 e. The van der Waals surface area contributed by atoms with Crippen LogP contribution in [0.5, 0.6) is 0 Å². The van der Waals surface area contributed by atoms with Gasteiger partial charge in [0.1, 0.15) is 0 Å². The first-order valence-electron chi connectivity index (χ1n) is 7.87. The van der Waals surface area contributed by atoms with Crippen LogP contribution in [0, 0.1) is 11.8 Å². The lowest BCUT2D eigenvalue weighted by atomic mass is 9.71. The molecular weight excluding hydrogens is 240 g/mol. The highest BCUT2D eigenvalue weighted by Crippen LogP contribution is 2.39. The molecule has 2 saturated carbocycles. The van der Waals surface area contributed by atoms with Gasteiger partial charge in [0.25, 0.3) is 0 Å². The zero-order valence-electron chi connectivity index (χ0n) is 11.7. The van der Waals surface area contributed by atoms with E-state index in [9.17, 15) is 9.90 Å². The van der Waals surface area contributed by atoms with E-state index >= 15 is 0 Å². The number of fused-ring (bicyclic) bond motifs is 1. The summed E-state index contributed by atoms with van der Waals surface area (Å²) in [5.41, 5.74) is -0.431. The third-order valence-electron chi connectivity index (χ3n) is 5.16. The standard InChI is InChI=1S/C15H26N2O2/c18-14(16-9-12-4-5-12)11-17-8-7-15(19)6-2-1-3-13(15)10-17/h12-13,19H,1-11H2,(H,16,18). The van der Waals surface area contributed by atoms with Gasteiger partial charge in [-0.05, 0) is 38.0 Å². The number of hydrogen-bond donors (Lipinski definition) is 2. The van der Waals surface area contributed by atoms with Crippen molar-refractivity contribution in [3.63, 3.8) is 0 Å². The fraction of sp³-hybridized carbons (Fsp3) is 0.933. The van der Waals surface area contributed by atoms with E-state index in [4.69, 9.17) is 0 Å². The summed E-state index contributed by atoms with van der Waals surface area (Å²) < 4.78 is 0. The lowest BCUT2D eigenvalue weighted by molar-refractivity contribution is -0.127. The minimum absolute atomic E-state index is 0.160. The molecule has 0 spiro atoms. The minimum atomic E-state index is -0.431. The minimum Gasteiger partial charge on any atom is -0.390 e. The molecule has 0 aromatic carbocycles. The molecule has 2 unspecified atom stereocenters. The summed E-state index contributed by atoms with van der Waals surface area (Å²) >= 11 is 0. The first-order chi connectivity index (χ1) is 9.16. The predicted molar refractivity (Wildman–Crippen MR) is 73.7 cm³/mol. The molecule has 0 aromatic rings. The largest absolute Gasteiger partial charge is 0.390 e. The molecule has 1 aliphatic heterocycles. The summed E-state index contributed by atoms with van der Waals surface area (Å²) in [5.74, 6) is 1.29. The molecule has 2 aliphatic carbocycles. The molecule has 2 N–H and O–H groups in total. The highest BCUT2D eigenvalue weighted by atomic mass is 16.3. The number of nitrogens with zero attached hydrogens (tertiary/aromatic N) is 1. The van der Waals surface area contributed by atoms with Crippen molar-refractivity contribution in [3.05, 3.63) is 0 Å². The second kappa shape index (κ2) is 5.41. The second-order valence-electron chi connectivity index (χ2n) is 6.78.